The molecule has 0 saturated carbocycles. The summed E-state index contributed by atoms with van der Waals surface area (Å²) in [5.74, 6) is 1.94. The average molecular weight is 441 g/mol. The van der Waals surface area contributed by atoms with Gasteiger partial charge in [0.15, 0.2) is 11.5 Å². The average Bonchev–Trinajstić information content (AvgIpc) is 2.74. The molecule has 0 spiro atoms. The molecular weight excluding hydrogens is 404 g/mol. The van der Waals surface area contributed by atoms with Crippen LogP contribution in [0.15, 0.2) is 42.6 Å². The van der Waals surface area contributed by atoms with Crippen LogP contribution in [0.1, 0.15) is 32.3 Å². The Balaban J connectivity index is 1.81. The first kappa shape index (κ1) is 24.0. The predicted molar refractivity (Wildman–Crippen MR) is 126 cm³/mol. The van der Waals surface area contributed by atoms with Crippen LogP contribution in [0, 0.1) is 5.41 Å². The number of rotatable bonds is 5. The van der Waals surface area contributed by atoms with Crippen LogP contribution in [0.3, 0.4) is 0 Å². The molecule has 0 saturated heterocycles. The van der Waals surface area contributed by atoms with Gasteiger partial charge in [-0.1, -0.05) is 32.0 Å². The second-order valence-corrected chi connectivity index (χ2v) is 9.44. The second-order valence-electron chi connectivity index (χ2n) is 9.44. The van der Waals surface area contributed by atoms with Gasteiger partial charge in [0, 0.05) is 31.4 Å². The highest BCUT2D eigenvalue weighted by Gasteiger charge is 2.23. The van der Waals surface area contributed by atoms with Gasteiger partial charge in [0.25, 0.3) is 0 Å². The van der Waals surface area contributed by atoms with Crippen LogP contribution in [0.25, 0.3) is 0 Å². The minimum absolute atomic E-state index is 0.00586. The van der Waals surface area contributed by atoms with E-state index in [4.69, 9.17) is 9.47 Å². The van der Waals surface area contributed by atoms with Gasteiger partial charge in [-0.25, -0.2) is 4.98 Å². The van der Waals surface area contributed by atoms with E-state index in [0.29, 0.717) is 43.6 Å². The lowest BCUT2D eigenvalue weighted by Gasteiger charge is -2.27. The standard InChI is InChI=1S/C25H36N4O3/c1-25(2)12-8-15-29(18-23(30)26-14-16-28(3)4)17-20-9-7-13-27-24(20)32-22-11-6-5-10-21(22)31-19-25/h5-7,9-11,13H,8,12,14-19H2,1-4H3,(H,26,30). The fourth-order valence-electron chi connectivity index (χ4n) is 3.65. The van der Waals surface area contributed by atoms with Crippen molar-refractivity contribution in [1.29, 1.82) is 0 Å². The van der Waals surface area contributed by atoms with Gasteiger partial charge in [0.1, 0.15) is 0 Å². The molecule has 0 aliphatic carbocycles. The number of carbonyl (C=O) groups excluding carboxylic acids is 1. The number of benzene rings is 1. The summed E-state index contributed by atoms with van der Waals surface area (Å²) in [5, 5.41) is 3.02. The van der Waals surface area contributed by atoms with E-state index in [0.717, 1.165) is 31.5 Å². The van der Waals surface area contributed by atoms with Crippen LogP contribution in [0.4, 0.5) is 0 Å². The first-order chi connectivity index (χ1) is 15.3. The zero-order valence-electron chi connectivity index (χ0n) is 19.8. The lowest BCUT2D eigenvalue weighted by Crippen LogP contribution is -2.40. The Morgan fingerprint density at radius 2 is 1.97 bits per heavy atom. The molecule has 1 aromatic carbocycles. The van der Waals surface area contributed by atoms with Crippen LogP contribution in [0.5, 0.6) is 17.4 Å². The minimum Gasteiger partial charge on any atom is -0.489 e. The number of para-hydroxylation sites is 2. The van der Waals surface area contributed by atoms with Crippen molar-refractivity contribution in [3.05, 3.63) is 48.2 Å². The molecule has 3 rings (SSSR count). The molecule has 0 radical (unpaired) electrons. The van der Waals surface area contributed by atoms with Crippen molar-refractivity contribution in [3.8, 4) is 17.4 Å². The summed E-state index contributed by atoms with van der Waals surface area (Å²) in [7, 11) is 4.00. The largest absolute Gasteiger partial charge is 0.489 e. The van der Waals surface area contributed by atoms with E-state index in [1.807, 2.05) is 50.5 Å². The molecule has 174 valence electrons. The van der Waals surface area contributed by atoms with E-state index in [-0.39, 0.29) is 11.3 Å². The van der Waals surface area contributed by atoms with Crippen molar-refractivity contribution >= 4 is 5.91 Å². The summed E-state index contributed by atoms with van der Waals surface area (Å²) in [4.78, 5) is 21.3. The number of aromatic nitrogens is 1. The fraction of sp³-hybridized carbons (Fsp3) is 0.520. The normalized spacial score (nSPS) is 16.9. The molecular formula is C25H36N4O3. The summed E-state index contributed by atoms with van der Waals surface area (Å²) < 4.78 is 12.4. The summed E-state index contributed by atoms with van der Waals surface area (Å²) in [6, 6.07) is 11.6. The molecule has 0 atom stereocenters. The van der Waals surface area contributed by atoms with Gasteiger partial charge in [-0.2, -0.15) is 0 Å². The van der Waals surface area contributed by atoms with E-state index >= 15 is 0 Å². The van der Waals surface area contributed by atoms with Gasteiger partial charge >= 0.3 is 0 Å². The number of amides is 1. The first-order valence-electron chi connectivity index (χ1n) is 11.3. The maximum absolute atomic E-state index is 12.6. The van der Waals surface area contributed by atoms with Crippen LogP contribution in [-0.2, 0) is 11.3 Å². The number of nitrogens with zero attached hydrogens (tertiary/aromatic N) is 3. The Morgan fingerprint density at radius 3 is 2.75 bits per heavy atom. The zero-order valence-corrected chi connectivity index (χ0v) is 19.8. The number of ether oxygens (including phenoxy) is 2. The van der Waals surface area contributed by atoms with E-state index < -0.39 is 0 Å². The predicted octanol–water partition coefficient (Wildman–Crippen LogP) is 3.55. The molecule has 2 heterocycles. The maximum Gasteiger partial charge on any atom is 0.234 e. The van der Waals surface area contributed by atoms with Crippen LogP contribution in [0.2, 0.25) is 0 Å². The van der Waals surface area contributed by atoms with Crippen LogP contribution < -0.4 is 14.8 Å². The topological polar surface area (TPSA) is 66.9 Å². The lowest BCUT2D eigenvalue weighted by molar-refractivity contribution is -0.122. The highest BCUT2D eigenvalue weighted by molar-refractivity contribution is 5.78. The monoisotopic (exact) mass is 440 g/mol. The first-order valence-corrected chi connectivity index (χ1v) is 11.3. The Labute approximate surface area is 191 Å². The molecule has 0 fully saturated rings. The number of hydrogen-bond acceptors (Lipinski definition) is 6. The summed E-state index contributed by atoms with van der Waals surface area (Å²) in [6.45, 7) is 8.22. The molecule has 1 N–H and O–H groups in total. The molecule has 0 bridgehead atoms. The molecule has 0 unspecified atom stereocenters. The third-order valence-corrected chi connectivity index (χ3v) is 5.49. The summed E-state index contributed by atoms with van der Waals surface area (Å²) >= 11 is 0. The van der Waals surface area contributed by atoms with Gasteiger partial charge in [0.2, 0.25) is 11.8 Å². The molecule has 1 aliphatic rings. The summed E-state index contributed by atoms with van der Waals surface area (Å²) in [6.07, 6.45) is 3.69. The zero-order chi connectivity index (χ0) is 23.0. The van der Waals surface area contributed by atoms with Gasteiger partial charge in [0.05, 0.1) is 13.2 Å². The van der Waals surface area contributed by atoms with E-state index in [9.17, 15) is 4.79 Å². The van der Waals surface area contributed by atoms with Gasteiger partial charge in [-0.05, 0) is 57.1 Å². The van der Waals surface area contributed by atoms with Crippen molar-refractivity contribution in [3.63, 3.8) is 0 Å². The lowest BCUT2D eigenvalue weighted by atomic mass is 9.88. The van der Waals surface area contributed by atoms with E-state index in [2.05, 4.69) is 33.9 Å². The van der Waals surface area contributed by atoms with E-state index in [1.54, 1.807) is 6.20 Å². The third-order valence-electron chi connectivity index (χ3n) is 5.49. The maximum atomic E-state index is 12.6. The van der Waals surface area contributed by atoms with E-state index in [1.165, 1.54) is 0 Å². The molecule has 32 heavy (non-hydrogen) atoms. The Hall–Kier alpha value is -2.64. The molecule has 2 aromatic rings. The van der Waals surface area contributed by atoms with Crippen molar-refractivity contribution < 1.29 is 14.3 Å². The highest BCUT2D eigenvalue weighted by atomic mass is 16.5. The van der Waals surface area contributed by atoms with Crippen molar-refractivity contribution in [1.82, 2.24) is 20.1 Å². The van der Waals surface area contributed by atoms with Gasteiger partial charge in [-0.3, -0.25) is 9.69 Å². The van der Waals surface area contributed by atoms with Crippen molar-refractivity contribution in [2.45, 2.75) is 33.2 Å². The smallest absolute Gasteiger partial charge is 0.234 e. The fourth-order valence-corrected chi connectivity index (χ4v) is 3.65. The second kappa shape index (κ2) is 11.3. The Morgan fingerprint density at radius 1 is 1.19 bits per heavy atom. The molecule has 1 aromatic heterocycles. The summed E-state index contributed by atoms with van der Waals surface area (Å²) in [5.41, 5.74) is 0.952. The molecule has 1 aliphatic heterocycles. The number of hydrogen-bond donors (Lipinski definition) is 1. The quantitative estimate of drug-likeness (QED) is 0.767. The number of fused-ring (bicyclic) bond motifs is 2. The minimum atomic E-state index is 0.00586. The van der Waals surface area contributed by atoms with Crippen LogP contribution >= 0.6 is 0 Å². The number of carbonyl (C=O) groups is 1. The van der Waals surface area contributed by atoms with Crippen LogP contribution in [-0.4, -0.2) is 67.6 Å². The third kappa shape index (κ3) is 7.50. The Bertz CT molecular complexity index is 885. The number of pyridine rings is 1. The Kier molecular flexibility index (Phi) is 8.47. The highest BCUT2D eigenvalue weighted by Crippen LogP contribution is 2.34. The molecule has 7 nitrogen and oxygen atoms in total. The number of nitrogens with one attached hydrogen (secondary N) is 1. The number of likely N-dealkylation sites (N-methyl/N-ethyl adjacent to an activating group) is 1. The van der Waals surface area contributed by atoms with Gasteiger partial charge < -0.3 is 19.7 Å². The molecule has 1 amide bonds. The van der Waals surface area contributed by atoms with Gasteiger partial charge in [-0.15, -0.1) is 0 Å². The van der Waals surface area contributed by atoms with Crippen molar-refractivity contribution in [2.24, 2.45) is 5.41 Å². The molecule has 7 heteroatoms. The SMILES string of the molecule is CN(C)CCNC(=O)CN1CCCC(C)(C)COc2ccccc2Oc2ncccc2C1. The van der Waals surface area contributed by atoms with Crippen molar-refractivity contribution in [2.75, 3.05) is 46.9 Å².